The van der Waals surface area contributed by atoms with Crippen molar-refractivity contribution in [3.05, 3.63) is 21.1 Å². The van der Waals surface area contributed by atoms with Crippen molar-refractivity contribution in [2.75, 3.05) is 6.26 Å². The highest BCUT2D eigenvalue weighted by atomic mass is 32.2. The second-order valence-corrected chi connectivity index (χ2v) is 8.03. The van der Waals surface area contributed by atoms with Crippen molar-refractivity contribution in [1.82, 2.24) is 10.2 Å². The fourth-order valence-corrected chi connectivity index (χ4v) is 5.13. The lowest BCUT2D eigenvalue weighted by molar-refractivity contribution is -0.387. The quantitative estimate of drug-likeness (QED) is 0.508. The van der Waals surface area contributed by atoms with Gasteiger partial charge in [-0.25, -0.2) is 0 Å². The van der Waals surface area contributed by atoms with Crippen molar-refractivity contribution in [1.29, 1.82) is 0 Å². The molecular formula is C9H9N3O3S4. The fourth-order valence-electron chi connectivity index (χ4n) is 1.19. The molecule has 0 unspecified atom stereocenters. The van der Waals surface area contributed by atoms with Crippen LogP contribution in [0.15, 0.2) is 19.0 Å². The van der Waals surface area contributed by atoms with Gasteiger partial charge in [0, 0.05) is 10.9 Å². The summed E-state index contributed by atoms with van der Waals surface area (Å²) in [6, 6.07) is 1.41. The van der Waals surface area contributed by atoms with Crippen LogP contribution in [0.1, 0.15) is 17.9 Å². The third-order valence-electron chi connectivity index (χ3n) is 2.05. The Kier molecular flexibility index (Phi) is 4.79. The minimum Gasteiger partial charge on any atom is -0.388 e. The number of nitrogens with zero attached hydrogens (tertiary/aromatic N) is 3. The van der Waals surface area contributed by atoms with Crippen LogP contribution >= 0.6 is 46.2 Å². The Hall–Kier alpha value is -0.680. The van der Waals surface area contributed by atoms with Gasteiger partial charge in [-0.1, -0.05) is 23.1 Å². The molecule has 0 amide bonds. The summed E-state index contributed by atoms with van der Waals surface area (Å²) in [4.78, 5) is 11.1. The van der Waals surface area contributed by atoms with E-state index in [-0.39, 0.29) is 5.69 Å². The van der Waals surface area contributed by atoms with Gasteiger partial charge in [-0.15, -0.1) is 21.5 Å². The molecule has 1 atom stereocenters. The lowest BCUT2D eigenvalue weighted by atomic mass is 10.3. The summed E-state index contributed by atoms with van der Waals surface area (Å²) in [5, 5.41) is 28.4. The first-order chi connectivity index (χ1) is 9.01. The summed E-state index contributed by atoms with van der Waals surface area (Å²) >= 11 is 5.30. The molecule has 0 saturated heterocycles. The van der Waals surface area contributed by atoms with Gasteiger partial charge in [0.1, 0.15) is 4.21 Å². The van der Waals surface area contributed by atoms with Gasteiger partial charge < -0.3 is 5.11 Å². The maximum atomic E-state index is 11.0. The van der Waals surface area contributed by atoms with E-state index in [0.717, 1.165) is 4.34 Å². The first-order valence-electron chi connectivity index (χ1n) is 5.02. The van der Waals surface area contributed by atoms with Crippen molar-refractivity contribution in [3.8, 4) is 0 Å². The number of rotatable bonds is 5. The van der Waals surface area contributed by atoms with Gasteiger partial charge in [0.25, 0.3) is 5.69 Å². The van der Waals surface area contributed by atoms with Crippen molar-refractivity contribution >= 4 is 51.9 Å². The first kappa shape index (κ1) is 14.7. The van der Waals surface area contributed by atoms with Crippen molar-refractivity contribution in [2.24, 2.45) is 0 Å². The van der Waals surface area contributed by atoms with E-state index < -0.39 is 11.0 Å². The van der Waals surface area contributed by atoms with Crippen molar-refractivity contribution in [3.63, 3.8) is 0 Å². The van der Waals surface area contributed by atoms with E-state index in [9.17, 15) is 15.2 Å². The van der Waals surface area contributed by atoms with Crippen LogP contribution in [-0.4, -0.2) is 26.5 Å². The second kappa shape index (κ2) is 6.18. The summed E-state index contributed by atoms with van der Waals surface area (Å²) < 4.78 is 1.99. The van der Waals surface area contributed by atoms with Crippen LogP contribution in [-0.2, 0) is 0 Å². The minimum absolute atomic E-state index is 0.00630. The summed E-state index contributed by atoms with van der Waals surface area (Å²) in [5.41, 5.74) is 0.00630. The van der Waals surface area contributed by atoms with Crippen LogP contribution in [0.2, 0.25) is 0 Å². The second-order valence-electron chi connectivity index (χ2n) is 3.39. The SMILES string of the molecule is CSc1nnc(Sc2sc([C@@H](C)O)cc2[N+](=O)[O-])s1. The predicted octanol–water partition coefficient (Wildman–Crippen LogP) is 3.43. The molecule has 0 aromatic carbocycles. The Labute approximate surface area is 125 Å². The number of hydrogen-bond acceptors (Lipinski definition) is 9. The Bertz CT molecular complexity index is 595. The number of thiophene rings is 1. The van der Waals surface area contributed by atoms with Crippen LogP contribution in [0, 0.1) is 10.1 Å². The molecule has 0 fully saturated rings. The van der Waals surface area contributed by atoms with Crippen LogP contribution < -0.4 is 0 Å². The molecule has 0 bridgehead atoms. The number of aromatic nitrogens is 2. The van der Waals surface area contributed by atoms with E-state index in [2.05, 4.69) is 10.2 Å². The van der Waals surface area contributed by atoms with E-state index in [4.69, 9.17) is 0 Å². The minimum atomic E-state index is -0.714. The van der Waals surface area contributed by atoms with E-state index in [1.54, 1.807) is 6.92 Å². The zero-order valence-corrected chi connectivity index (χ0v) is 13.2. The van der Waals surface area contributed by atoms with Gasteiger partial charge in [-0.3, -0.25) is 10.1 Å². The summed E-state index contributed by atoms with van der Waals surface area (Å²) in [6.07, 6.45) is 1.18. The maximum absolute atomic E-state index is 11.0. The van der Waals surface area contributed by atoms with Gasteiger partial charge in [-0.2, -0.15) is 0 Å². The molecule has 0 radical (unpaired) electrons. The highest BCUT2D eigenvalue weighted by molar-refractivity contribution is 8.04. The molecule has 0 aliphatic heterocycles. The zero-order valence-electron chi connectivity index (χ0n) is 9.89. The van der Waals surface area contributed by atoms with Crippen LogP contribution in [0.4, 0.5) is 5.69 Å². The monoisotopic (exact) mass is 335 g/mol. The topological polar surface area (TPSA) is 89.2 Å². The Morgan fingerprint density at radius 3 is 2.63 bits per heavy atom. The molecule has 19 heavy (non-hydrogen) atoms. The van der Waals surface area contributed by atoms with Crippen LogP contribution in [0.5, 0.6) is 0 Å². The average molecular weight is 335 g/mol. The molecule has 1 N–H and O–H groups in total. The fraction of sp³-hybridized carbons (Fsp3) is 0.333. The molecule has 10 heteroatoms. The molecule has 102 valence electrons. The molecule has 6 nitrogen and oxygen atoms in total. The molecule has 2 aromatic heterocycles. The third-order valence-corrected chi connectivity index (χ3v) is 6.48. The number of aliphatic hydroxyl groups excluding tert-OH is 1. The lowest BCUT2D eigenvalue weighted by Crippen LogP contribution is -1.87. The summed E-state index contributed by atoms with van der Waals surface area (Å²) in [6.45, 7) is 1.58. The van der Waals surface area contributed by atoms with Gasteiger partial charge in [0.2, 0.25) is 0 Å². The number of aliphatic hydroxyl groups is 1. The maximum Gasteiger partial charge on any atom is 0.294 e. The van der Waals surface area contributed by atoms with Gasteiger partial charge >= 0.3 is 0 Å². The summed E-state index contributed by atoms with van der Waals surface area (Å²) in [5.74, 6) is 0. The van der Waals surface area contributed by atoms with Crippen LogP contribution in [0.3, 0.4) is 0 Å². The lowest BCUT2D eigenvalue weighted by Gasteiger charge is -1.95. The predicted molar refractivity (Wildman–Crippen MR) is 77.4 cm³/mol. The molecule has 2 aromatic rings. The first-order valence-corrected chi connectivity index (χ1v) is 8.70. The molecule has 2 rings (SSSR count). The third kappa shape index (κ3) is 3.45. The molecule has 0 aliphatic carbocycles. The number of nitro groups is 1. The Balaban J connectivity index is 2.30. The Morgan fingerprint density at radius 2 is 2.11 bits per heavy atom. The molecule has 0 spiro atoms. The van der Waals surface area contributed by atoms with Crippen molar-refractivity contribution in [2.45, 2.75) is 25.9 Å². The van der Waals surface area contributed by atoms with E-state index >= 15 is 0 Å². The molecular weight excluding hydrogens is 326 g/mol. The van der Waals surface area contributed by atoms with Gasteiger partial charge in [0.05, 0.1) is 11.0 Å². The summed E-state index contributed by atoms with van der Waals surface area (Å²) in [7, 11) is 0. The van der Waals surface area contributed by atoms with Gasteiger partial charge in [0.15, 0.2) is 8.68 Å². The molecule has 2 heterocycles. The smallest absolute Gasteiger partial charge is 0.294 e. The highest BCUT2D eigenvalue weighted by Crippen LogP contribution is 2.44. The Morgan fingerprint density at radius 1 is 1.42 bits per heavy atom. The largest absolute Gasteiger partial charge is 0.388 e. The van der Waals surface area contributed by atoms with E-state index in [1.165, 1.54) is 52.3 Å². The van der Waals surface area contributed by atoms with Crippen LogP contribution in [0.25, 0.3) is 0 Å². The normalized spacial score (nSPS) is 12.6. The van der Waals surface area contributed by atoms with E-state index in [0.29, 0.717) is 13.4 Å². The zero-order chi connectivity index (χ0) is 14.0. The highest BCUT2D eigenvalue weighted by Gasteiger charge is 2.23. The number of hydrogen-bond donors (Lipinski definition) is 1. The standard InChI is InChI=1S/C9H9N3O3S4/c1-4(13)6-3-5(12(14)15)7(17-6)18-9-11-10-8(16-2)19-9/h3-4,13H,1-2H3/t4-/m1/s1. The van der Waals surface area contributed by atoms with E-state index in [1.807, 2.05) is 6.26 Å². The molecule has 0 saturated carbocycles. The van der Waals surface area contributed by atoms with Crippen molar-refractivity contribution < 1.29 is 10.0 Å². The number of thioether (sulfide) groups is 1. The average Bonchev–Trinajstić information content (AvgIpc) is 2.96. The molecule has 0 aliphatic rings. The van der Waals surface area contributed by atoms with Gasteiger partial charge in [-0.05, 0) is 24.9 Å².